The first-order valence-corrected chi connectivity index (χ1v) is 8.43. The van der Waals surface area contributed by atoms with Gasteiger partial charge < -0.3 is 15.7 Å². The van der Waals surface area contributed by atoms with Crippen molar-refractivity contribution in [1.29, 1.82) is 0 Å². The SMILES string of the molecule is Cc1ccccc1C(O)CNC(=O)c1ccn(C2CCCNC2)n1. The summed E-state index contributed by atoms with van der Waals surface area (Å²) in [7, 11) is 0. The molecule has 1 aromatic heterocycles. The number of aliphatic hydroxyl groups is 1. The summed E-state index contributed by atoms with van der Waals surface area (Å²) >= 11 is 0. The number of nitrogens with zero attached hydrogens (tertiary/aromatic N) is 2. The molecular formula is C18H24N4O2. The van der Waals surface area contributed by atoms with Gasteiger partial charge in [-0.15, -0.1) is 0 Å². The fourth-order valence-corrected chi connectivity index (χ4v) is 3.07. The lowest BCUT2D eigenvalue weighted by Crippen LogP contribution is -2.32. The standard InChI is InChI=1S/C18H24N4O2/c1-13-5-2-3-7-15(13)17(23)12-20-18(24)16-8-10-22(21-16)14-6-4-9-19-11-14/h2-3,5,7-8,10,14,17,19,23H,4,6,9,11-12H2,1H3,(H,20,24). The number of rotatable bonds is 5. The number of aromatic nitrogens is 2. The van der Waals surface area contributed by atoms with Gasteiger partial charge in [-0.1, -0.05) is 24.3 Å². The maximum absolute atomic E-state index is 12.2. The van der Waals surface area contributed by atoms with Crippen LogP contribution in [0.3, 0.4) is 0 Å². The van der Waals surface area contributed by atoms with Crippen LogP contribution in [0.4, 0.5) is 0 Å². The summed E-state index contributed by atoms with van der Waals surface area (Å²) in [6.45, 7) is 4.04. The van der Waals surface area contributed by atoms with Gasteiger partial charge in [0.15, 0.2) is 0 Å². The van der Waals surface area contributed by atoms with Crippen molar-refractivity contribution in [1.82, 2.24) is 20.4 Å². The number of nitrogens with one attached hydrogen (secondary N) is 2. The summed E-state index contributed by atoms with van der Waals surface area (Å²) in [6, 6.07) is 9.66. The Morgan fingerprint density at radius 3 is 3.04 bits per heavy atom. The average molecular weight is 328 g/mol. The molecule has 1 fully saturated rings. The van der Waals surface area contributed by atoms with Crippen molar-refractivity contribution in [2.75, 3.05) is 19.6 Å². The molecule has 0 spiro atoms. The fraction of sp³-hybridized carbons (Fsp3) is 0.444. The van der Waals surface area contributed by atoms with E-state index < -0.39 is 6.10 Å². The highest BCUT2D eigenvalue weighted by molar-refractivity contribution is 5.92. The largest absolute Gasteiger partial charge is 0.387 e. The van der Waals surface area contributed by atoms with Crippen molar-refractivity contribution in [3.05, 3.63) is 53.3 Å². The van der Waals surface area contributed by atoms with E-state index in [9.17, 15) is 9.90 Å². The molecule has 1 saturated heterocycles. The fourth-order valence-electron chi connectivity index (χ4n) is 3.07. The Kier molecular flexibility index (Phi) is 5.27. The Hall–Kier alpha value is -2.18. The molecule has 2 aromatic rings. The van der Waals surface area contributed by atoms with Gasteiger partial charge >= 0.3 is 0 Å². The Balaban J connectivity index is 1.57. The van der Waals surface area contributed by atoms with Crippen molar-refractivity contribution >= 4 is 5.91 Å². The van der Waals surface area contributed by atoms with Crippen molar-refractivity contribution < 1.29 is 9.90 Å². The van der Waals surface area contributed by atoms with Gasteiger partial charge in [-0.25, -0.2) is 0 Å². The van der Waals surface area contributed by atoms with E-state index >= 15 is 0 Å². The third kappa shape index (κ3) is 3.83. The smallest absolute Gasteiger partial charge is 0.271 e. The molecular weight excluding hydrogens is 304 g/mol. The molecule has 3 rings (SSSR count). The van der Waals surface area contributed by atoms with Gasteiger partial charge in [0.2, 0.25) is 0 Å². The summed E-state index contributed by atoms with van der Waals surface area (Å²) < 4.78 is 1.86. The Morgan fingerprint density at radius 2 is 2.29 bits per heavy atom. The van der Waals surface area contributed by atoms with Crippen molar-refractivity contribution in [2.45, 2.75) is 31.9 Å². The van der Waals surface area contributed by atoms with Crippen LogP contribution in [0.15, 0.2) is 36.5 Å². The van der Waals surface area contributed by atoms with Crippen LogP contribution in [0.1, 0.15) is 46.6 Å². The maximum atomic E-state index is 12.2. The summed E-state index contributed by atoms with van der Waals surface area (Å²) in [5.41, 5.74) is 2.22. The second-order valence-electron chi connectivity index (χ2n) is 6.26. The van der Waals surface area contributed by atoms with E-state index in [0.717, 1.165) is 37.1 Å². The van der Waals surface area contributed by atoms with Crippen LogP contribution in [-0.2, 0) is 0 Å². The van der Waals surface area contributed by atoms with Crippen LogP contribution in [0.25, 0.3) is 0 Å². The summed E-state index contributed by atoms with van der Waals surface area (Å²) in [5.74, 6) is -0.259. The average Bonchev–Trinajstić information content (AvgIpc) is 3.11. The van der Waals surface area contributed by atoms with E-state index in [1.807, 2.05) is 42.1 Å². The molecule has 1 aliphatic heterocycles. The van der Waals surface area contributed by atoms with E-state index in [2.05, 4.69) is 15.7 Å². The highest BCUT2D eigenvalue weighted by Gasteiger charge is 2.18. The number of piperidine rings is 1. The summed E-state index contributed by atoms with van der Waals surface area (Å²) in [4.78, 5) is 12.2. The van der Waals surface area contributed by atoms with E-state index in [-0.39, 0.29) is 12.5 Å². The Labute approximate surface area is 141 Å². The molecule has 0 saturated carbocycles. The number of carbonyl (C=O) groups excluding carboxylic acids is 1. The second-order valence-corrected chi connectivity index (χ2v) is 6.26. The van der Waals surface area contributed by atoms with E-state index in [0.29, 0.717) is 11.7 Å². The Bertz CT molecular complexity index is 692. The lowest BCUT2D eigenvalue weighted by Gasteiger charge is -2.22. The first-order chi connectivity index (χ1) is 11.6. The zero-order valence-corrected chi connectivity index (χ0v) is 13.9. The molecule has 0 aliphatic carbocycles. The van der Waals surface area contributed by atoms with Crippen LogP contribution in [-0.4, -0.2) is 40.4 Å². The van der Waals surface area contributed by atoms with Gasteiger partial charge in [0.25, 0.3) is 5.91 Å². The van der Waals surface area contributed by atoms with Crippen LogP contribution >= 0.6 is 0 Å². The van der Waals surface area contributed by atoms with E-state index in [1.54, 1.807) is 6.07 Å². The highest BCUT2D eigenvalue weighted by Crippen LogP contribution is 2.17. The molecule has 2 atom stereocenters. The highest BCUT2D eigenvalue weighted by atomic mass is 16.3. The van der Waals surface area contributed by atoms with Gasteiger partial charge in [-0.2, -0.15) is 5.10 Å². The molecule has 0 bridgehead atoms. The second kappa shape index (κ2) is 7.59. The monoisotopic (exact) mass is 328 g/mol. The van der Waals surface area contributed by atoms with Crippen LogP contribution in [0, 0.1) is 6.92 Å². The lowest BCUT2D eigenvalue weighted by atomic mass is 10.0. The molecule has 6 heteroatoms. The molecule has 24 heavy (non-hydrogen) atoms. The molecule has 3 N–H and O–H groups in total. The molecule has 1 aromatic carbocycles. The third-order valence-electron chi connectivity index (χ3n) is 4.49. The van der Waals surface area contributed by atoms with Crippen molar-refractivity contribution in [3.8, 4) is 0 Å². The molecule has 2 unspecified atom stereocenters. The number of aryl methyl sites for hydroxylation is 1. The lowest BCUT2D eigenvalue weighted by molar-refractivity contribution is 0.0909. The number of hydrogen-bond acceptors (Lipinski definition) is 4. The van der Waals surface area contributed by atoms with E-state index in [1.165, 1.54) is 0 Å². The first kappa shape index (κ1) is 16.7. The minimum Gasteiger partial charge on any atom is -0.387 e. The predicted molar refractivity (Wildman–Crippen MR) is 91.8 cm³/mol. The predicted octanol–water partition coefficient (Wildman–Crippen LogP) is 1.58. The van der Waals surface area contributed by atoms with Crippen molar-refractivity contribution in [2.24, 2.45) is 0 Å². The van der Waals surface area contributed by atoms with Gasteiger partial charge in [-0.3, -0.25) is 9.48 Å². The zero-order valence-electron chi connectivity index (χ0n) is 13.9. The van der Waals surface area contributed by atoms with Crippen LogP contribution in [0.2, 0.25) is 0 Å². The third-order valence-corrected chi connectivity index (χ3v) is 4.49. The number of carbonyl (C=O) groups is 1. The summed E-state index contributed by atoms with van der Waals surface area (Å²) in [6.07, 6.45) is 3.32. The van der Waals surface area contributed by atoms with Crippen LogP contribution in [0.5, 0.6) is 0 Å². The first-order valence-electron chi connectivity index (χ1n) is 8.43. The number of amides is 1. The molecule has 6 nitrogen and oxygen atoms in total. The van der Waals surface area contributed by atoms with Crippen molar-refractivity contribution in [3.63, 3.8) is 0 Å². The number of benzene rings is 1. The minimum absolute atomic E-state index is 0.168. The van der Waals surface area contributed by atoms with Gasteiger partial charge in [-0.05, 0) is 43.5 Å². The minimum atomic E-state index is -0.722. The summed E-state index contributed by atoms with van der Waals surface area (Å²) in [5, 5.41) is 20.7. The molecule has 1 aliphatic rings. The van der Waals surface area contributed by atoms with Gasteiger partial charge in [0.05, 0.1) is 12.1 Å². The topological polar surface area (TPSA) is 79.2 Å². The normalized spacial score (nSPS) is 19.0. The molecule has 2 heterocycles. The molecule has 0 radical (unpaired) electrons. The Morgan fingerprint density at radius 1 is 1.46 bits per heavy atom. The van der Waals surface area contributed by atoms with E-state index in [4.69, 9.17) is 0 Å². The number of hydrogen-bond donors (Lipinski definition) is 3. The molecule has 128 valence electrons. The maximum Gasteiger partial charge on any atom is 0.271 e. The van der Waals surface area contributed by atoms with Gasteiger partial charge in [0, 0.05) is 19.3 Å². The molecule has 1 amide bonds. The van der Waals surface area contributed by atoms with Gasteiger partial charge in [0.1, 0.15) is 5.69 Å². The van der Waals surface area contributed by atoms with Crippen LogP contribution < -0.4 is 10.6 Å². The number of aliphatic hydroxyl groups excluding tert-OH is 1. The quantitative estimate of drug-likeness (QED) is 0.778. The zero-order chi connectivity index (χ0) is 16.9.